The van der Waals surface area contributed by atoms with Crippen molar-refractivity contribution in [3.8, 4) is 22.8 Å². The molecule has 3 aromatic rings. The second kappa shape index (κ2) is 11.4. The maximum Gasteiger partial charge on any atom is 0.255 e. The summed E-state index contributed by atoms with van der Waals surface area (Å²) in [5.74, 6) is 1.75. The summed E-state index contributed by atoms with van der Waals surface area (Å²) in [6.07, 6.45) is 7.06. The first-order valence-electron chi connectivity index (χ1n) is 13.2. The summed E-state index contributed by atoms with van der Waals surface area (Å²) in [4.78, 5) is 37.7. The lowest BCUT2D eigenvalue weighted by Crippen LogP contribution is -2.44. The molecule has 2 aliphatic carbocycles. The van der Waals surface area contributed by atoms with Crippen molar-refractivity contribution in [3.05, 3.63) is 35.8 Å². The molecule has 5 rings (SSSR count). The largest absolute Gasteiger partial charge is 0.497 e. The monoisotopic (exact) mass is 521 g/mol. The molecule has 10 heteroatoms. The average molecular weight is 522 g/mol. The Morgan fingerprint density at radius 1 is 1.03 bits per heavy atom. The SMILES string of the molecule is COCC(=O)N[C@H]1CC[C@H](NC(=O)c2c(C)[nH]c3c(-c4cc(OC)ccc4OCC4CC4)ncnc23)CC1. The first kappa shape index (κ1) is 26.0. The summed E-state index contributed by atoms with van der Waals surface area (Å²) >= 11 is 0. The van der Waals surface area contributed by atoms with Crippen LogP contribution in [0.3, 0.4) is 0 Å². The number of amides is 2. The van der Waals surface area contributed by atoms with Gasteiger partial charge in [0, 0.05) is 30.5 Å². The van der Waals surface area contributed by atoms with Gasteiger partial charge in [-0.25, -0.2) is 9.97 Å². The van der Waals surface area contributed by atoms with E-state index in [0.29, 0.717) is 40.6 Å². The van der Waals surface area contributed by atoms with Gasteiger partial charge in [-0.1, -0.05) is 0 Å². The maximum absolute atomic E-state index is 13.4. The second-order valence-corrected chi connectivity index (χ2v) is 10.2. The Morgan fingerprint density at radius 2 is 1.76 bits per heavy atom. The number of rotatable bonds is 10. The van der Waals surface area contributed by atoms with Crippen LogP contribution in [0.1, 0.15) is 54.6 Å². The van der Waals surface area contributed by atoms with Gasteiger partial charge in [-0.05, 0) is 69.6 Å². The van der Waals surface area contributed by atoms with E-state index in [2.05, 4.69) is 25.6 Å². The molecule has 0 unspecified atom stereocenters. The first-order valence-corrected chi connectivity index (χ1v) is 13.2. The molecule has 1 aromatic carbocycles. The van der Waals surface area contributed by atoms with Crippen molar-refractivity contribution in [2.24, 2.45) is 5.92 Å². The molecule has 0 atom stereocenters. The van der Waals surface area contributed by atoms with Crippen molar-refractivity contribution in [1.29, 1.82) is 0 Å². The second-order valence-electron chi connectivity index (χ2n) is 10.2. The zero-order valence-corrected chi connectivity index (χ0v) is 22.1. The molecule has 2 aliphatic rings. The number of ether oxygens (including phenoxy) is 3. The molecule has 0 radical (unpaired) electrons. The number of fused-ring (bicyclic) bond motifs is 1. The Kier molecular flexibility index (Phi) is 7.78. The molecule has 0 bridgehead atoms. The predicted octanol–water partition coefficient (Wildman–Crippen LogP) is 3.53. The van der Waals surface area contributed by atoms with Crippen molar-refractivity contribution in [1.82, 2.24) is 25.6 Å². The number of aryl methyl sites for hydroxylation is 1. The smallest absolute Gasteiger partial charge is 0.255 e. The summed E-state index contributed by atoms with van der Waals surface area (Å²) in [5, 5.41) is 6.17. The molecule has 3 N–H and O–H groups in total. The first-order chi connectivity index (χ1) is 18.5. The van der Waals surface area contributed by atoms with E-state index in [1.807, 2.05) is 25.1 Å². The fraction of sp³-hybridized carbons (Fsp3) is 0.500. The molecule has 2 heterocycles. The van der Waals surface area contributed by atoms with E-state index in [-0.39, 0.29) is 30.5 Å². The Bertz CT molecular complexity index is 1310. The highest BCUT2D eigenvalue weighted by molar-refractivity contribution is 6.09. The molecule has 2 saturated carbocycles. The minimum Gasteiger partial charge on any atom is -0.497 e. The standard InChI is InChI=1S/C28H35N5O5/c1-16-24(28(35)33-19-8-6-18(7-9-19)32-23(34)14-36-2)26-27(31-16)25(29-15-30-26)21-12-20(37-3)10-11-22(21)38-13-17-4-5-17/h10-12,15,17-19,31H,4-9,13-14H2,1-3H3,(H,32,34)(H,33,35)/t18-,19-. The highest BCUT2D eigenvalue weighted by Crippen LogP contribution is 2.38. The van der Waals surface area contributed by atoms with Crippen LogP contribution in [-0.4, -0.2) is 66.3 Å². The zero-order valence-electron chi connectivity index (χ0n) is 22.1. The van der Waals surface area contributed by atoms with Gasteiger partial charge in [0.1, 0.15) is 35.6 Å². The van der Waals surface area contributed by atoms with Gasteiger partial charge in [0.15, 0.2) is 0 Å². The fourth-order valence-corrected chi connectivity index (χ4v) is 5.08. The molecule has 0 aliphatic heterocycles. The van der Waals surface area contributed by atoms with E-state index in [1.54, 1.807) is 7.11 Å². The van der Waals surface area contributed by atoms with Gasteiger partial charge in [-0.3, -0.25) is 9.59 Å². The quantitative estimate of drug-likeness (QED) is 0.372. The lowest BCUT2D eigenvalue weighted by molar-refractivity contribution is -0.125. The highest BCUT2D eigenvalue weighted by Gasteiger charge is 2.27. The van der Waals surface area contributed by atoms with E-state index in [4.69, 9.17) is 14.2 Å². The van der Waals surface area contributed by atoms with Crippen LogP contribution in [0.25, 0.3) is 22.3 Å². The van der Waals surface area contributed by atoms with E-state index < -0.39 is 0 Å². The number of methoxy groups -OCH3 is 2. The molecular weight excluding hydrogens is 486 g/mol. The van der Waals surface area contributed by atoms with Crippen molar-refractivity contribution >= 4 is 22.8 Å². The molecule has 0 saturated heterocycles. The van der Waals surface area contributed by atoms with Crippen LogP contribution in [0.15, 0.2) is 24.5 Å². The van der Waals surface area contributed by atoms with E-state index in [9.17, 15) is 9.59 Å². The Balaban J connectivity index is 1.35. The summed E-state index contributed by atoms with van der Waals surface area (Å²) < 4.78 is 16.5. The Hall–Kier alpha value is -3.66. The van der Waals surface area contributed by atoms with Gasteiger partial charge < -0.3 is 29.8 Å². The van der Waals surface area contributed by atoms with Crippen LogP contribution in [0, 0.1) is 12.8 Å². The number of nitrogens with zero attached hydrogens (tertiary/aromatic N) is 2. The molecule has 38 heavy (non-hydrogen) atoms. The van der Waals surface area contributed by atoms with Crippen LogP contribution in [-0.2, 0) is 9.53 Å². The number of carbonyl (C=O) groups excluding carboxylic acids is 2. The van der Waals surface area contributed by atoms with Crippen LogP contribution >= 0.6 is 0 Å². The molecule has 2 amide bonds. The van der Waals surface area contributed by atoms with E-state index in [1.165, 1.54) is 26.3 Å². The number of carbonyl (C=O) groups is 2. The number of nitrogens with one attached hydrogen (secondary N) is 3. The van der Waals surface area contributed by atoms with Crippen molar-refractivity contribution in [2.75, 3.05) is 27.4 Å². The van der Waals surface area contributed by atoms with Gasteiger partial charge in [0.2, 0.25) is 5.91 Å². The third-order valence-electron chi connectivity index (χ3n) is 7.31. The third-order valence-corrected chi connectivity index (χ3v) is 7.31. The highest BCUT2D eigenvalue weighted by atomic mass is 16.5. The van der Waals surface area contributed by atoms with Gasteiger partial charge in [-0.15, -0.1) is 0 Å². The molecule has 202 valence electrons. The summed E-state index contributed by atoms with van der Waals surface area (Å²) in [7, 11) is 3.13. The minimum absolute atomic E-state index is 0.0320. The molecular formula is C28H35N5O5. The van der Waals surface area contributed by atoms with E-state index >= 15 is 0 Å². The third kappa shape index (κ3) is 5.75. The topological polar surface area (TPSA) is 127 Å². The van der Waals surface area contributed by atoms with Crippen molar-refractivity contribution < 1.29 is 23.8 Å². The number of hydrogen-bond acceptors (Lipinski definition) is 7. The Labute approximate surface area is 221 Å². The minimum atomic E-state index is -0.166. The normalized spacial score (nSPS) is 19.2. The lowest BCUT2D eigenvalue weighted by atomic mass is 9.91. The number of aromatic amines is 1. The van der Waals surface area contributed by atoms with E-state index in [0.717, 1.165) is 42.7 Å². The van der Waals surface area contributed by atoms with Crippen LogP contribution in [0.5, 0.6) is 11.5 Å². The Morgan fingerprint density at radius 3 is 2.45 bits per heavy atom. The summed E-state index contributed by atoms with van der Waals surface area (Å²) in [5.41, 5.74) is 3.95. The molecule has 10 nitrogen and oxygen atoms in total. The summed E-state index contributed by atoms with van der Waals surface area (Å²) in [6, 6.07) is 5.83. The van der Waals surface area contributed by atoms with Gasteiger partial charge in [0.05, 0.1) is 24.8 Å². The number of H-pyrrole nitrogens is 1. The number of hydrogen-bond donors (Lipinski definition) is 3. The predicted molar refractivity (Wildman–Crippen MR) is 142 cm³/mol. The molecule has 2 aromatic heterocycles. The maximum atomic E-state index is 13.4. The molecule has 2 fully saturated rings. The van der Waals surface area contributed by atoms with Gasteiger partial charge >= 0.3 is 0 Å². The lowest BCUT2D eigenvalue weighted by Gasteiger charge is -2.29. The van der Waals surface area contributed by atoms with Gasteiger partial charge in [0.25, 0.3) is 5.91 Å². The zero-order chi connectivity index (χ0) is 26.6. The van der Waals surface area contributed by atoms with Crippen molar-refractivity contribution in [3.63, 3.8) is 0 Å². The average Bonchev–Trinajstić information content (AvgIpc) is 3.68. The molecule has 0 spiro atoms. The van der Waals surface area contributed by atoms with Crippen LogP contribution < -0.4 is 20.1 Å². The number of aromatic nitrogens is 3. The fourth-order valence-electron chi connectivity index (χ4n) is 5.08. The van der Waals surface area contributed by atoms with Gasteiger partial charge in [-0.2, -0.15) is 0 Å². The van der Waals surface area contributed by atoms with Crippen molar-refractivity contribution in [2.45, 2.75) is 57.5 Å². The van der Waals surface area contributed by atoms with Crippen LogP contribution in [0.4, 0.5) is 0 Å². The number of benzene rings is 1. The summed E-state index contributed by atoms with van der Waals surface area (Å²) in [6.45, 7) is 2.60. The van der Waals surface area contributed by atoms with Crippen LogP contribution in [0.2, 0.25) is 0 Å².